The van der Waals surface area contributed by atoms with E-state index in [-0.39, 0.29) is 37.1 Å². The summed E-state index contributed by atoms with van der Waals surface area (Å²) < 4.78 is 31.5. The van der Waals surface area contributed by atoms with Crippen molar-refractivity contribution in [3.63, 3.8) is 0 Å². The Labute approximate surface area is 211 Å². The zero-order valence-corrected chi connectivity index (χ0v) is 21.0. The average Bonchev–Trinajstić information content (AvgIpc) is 3.04. The van der Waals surface area contributed by atoms with Gasteiger partial charge in [0.25, 0.3) is 5.91 Å². The first kappa shape index (κ1) is 23.8. The van der Waals surface area contributed by atoms with Crippen LogP contribution in [0.25, 0.3) is 6.08 Å². The number of thiocarbonyl (C=S) groups is 1. The van der Waals surface area contributed by atoms with Crippen LogP contribution in [0.15, 0.2) is 76.5 Å². The van der Waals surface area contributed by atoms with Gasteiger partial charge in [0, 0.05) is 10.6 Å². The Hall–Kier alpha value is -2.36. The van der Waals surface area contributed by atoms with Crippen molar-refractivity contribution in [2.24, 2.45) is 0 Å². The summed E-state index contributed by atoms with van der Waals surface area (Å²) in [4.78, 5) is 14.7. The molecule has 1 aliphatic rings. The molecule has 3 aromatic carbocycles. The zero-order chi connectivity index (χ0) is 23.8. The monoisotopic (exact) mass is 535 g/mol. The van der Waals surface area contributed by atoms with Crippen LogP contribution in [0.1, 0.15) is 11.1 Å². The lowest BCUT2D eigenvalue weighted by atomic mass is 10.2. The van der Waals surface area contributed by atoms with Crippen LogP contribution in [0.3, 0.4) is 0 Å². The van der Waals surface area contributed by atoms with Crippen LogP contribution in [0, 0.1) is 6.92 Å². The zero-order valence-electron chi connectivity index (χ0n) is 17.0. The molecule has 1 fully saturated rings. The maximum absolute atomic E-state index is 13.1. The van der Waals surface area contributed by atoms with E-state index in [2.05, 4.69) is 0 Å². The molecule has 5 nitrogen and oxygen atoms in total. The number of rotatable bonds is 5. The molecule has 0 radical (unpaired) electrons. The lowest BCUT2D eigenvalue weighted by Gasteiger charge is -2.14. The minimum atomic E-state index is -4.18. The highest BCUT2D eigenvalue weighted by molar-refractivity contribution is 8.27. The Morgan fingerprint density at radius 2 is 1.70 bits per heavy atom. The summed E-state index contributed by atoms with van der Waals surface area (Å²) in [5.74, 6) is -0.480. The van der Waals surface area contributed by atoms with Gasteiger partial charge >= 0.3 is 10.1 Å². The van der Waals surface area contributed by atoms with Crippen molar-refractivity contribution in [2.45, 2.75) is 11.8 Å². The summed E-state index contributed by atoms with van der Waals surface area (Å²) in [6.07, 6.45) is 1.47. The first-order valence-corrected chi connectivity index (χ1v) is 12.9. The fourth-order valence-electron chi connectivity index (χ4n) is 3.05. The van der Waals surface area contributed by atoms with E-state index in [1.165, 1.54) is 35.2 Å². The quantitative estimate of drug-likeness (QED) is 0.212. The number of thioether (sulfide) groups is 1. The van der Waals surface area contributed by atoms with Crippen LogP contribution in [-0.2, 0) is 14.9 Å². The molecular formula is C23H15Cl2NO4S3. The molecule has 0 unspecified atom stereocenters. The average molecular weight is 536 g/mol. The molecule has 1 heterocycles. The maximum atomic E-state index is 13.1. The van der Waals surface area contributed by atoms with Gasteiger partial charge in [-0.25, -0.2) is 0 Å². The Kier molecular flexibility index (Phi) is 6.83. The molecule has 1 amide bonds. The molecule has 0 N–H and O–H groups in total. The summed E-state index contributed by atoms with van der Waals surface area (Å²) in [5.41, 5.74) is 1.77. The van der Waals surface area contributed by atoms with E-state index in [0.29, 0.717) is 10.0 Å². The molecule has 0 spiro atoms. The normalized spacial score (nSPS) is 15.4. The lowest BCUT2D eigenvalue weighted by molar-refractivity contribution is -0.113. The molecule has 33 heavy (non-hydrogen) atoms. The van der Waals surface area contributed by atoms with E-state index in [1.54, 1.807) is 36.4 Å². The Morgan fingerprint density at radius 1 is 1.03 bits per heavy atom. The summed E-state index contributed by atoms with van der Waals surface area (Å²) in [5, 5.41) is 0.243. The molecule has 1 aliphatic heterocycles. The largest absolute Gasteiger partial charge is 0.377 e. The van der Waals surface area contributed by atoms with Crippen LogP contribution < -0.4 is 9.08 Å². The van der Waals surface area contributed by atoms with Gasteiger partial charge in [-0.3, -0.25) is 9.69 Å². The summed E-state index contributed by atoms with van der Waals surface area (Å²) >= 11 is 18.9. The van der Waals surface area contributed by atoms with Crippen LogP contribution in [0.5, 0.6) is 5.75 Å². The number of benzene rings is 3. The van der Waals surface area contributed by atoms with Crippen molar-refractivity contribution >= 4 is 79.3 Å². The number of carbonyl (C=O) groups excluding carboxylic acids is 1. The standard InChI is InChI=1S/C23H15Cl2NO4S3/c1-14-7-9-18(10-8-14)33(28,29)30-21-15(11-16(24)13-19(21)25)12-20-22(27)26(23(31)32-20)17-5-3-2-4-6-17/h2-13H,1H3/b20-12-. The van der Waals surface area contributed by atoms with Crippen molar-refractivity contribution in [1.29, 1.82) is 0 Å². The first-order valence-electron chi connectivity index (χ1n) is 9.49. The number of halogens is 2. The third kappa shape index (κ3) is 5.10. The Morgan fingerprint density at radius 3 is 2.36 bits per heavy atom. The van der Waals surface area contributed by atoms with Crippen molar-refractivity contribution in [2.75, 3.05) is 4.90 Å². The number of hydrogen-bond donors (Lipinski definition) is 0. The number of nitrogens with zero attached hydrogens (tertiary/aromatic N) is 1. The highest BCUT2D eigenvalue weighted by Crippen LogP contribution is 2.40. The molecule has 0 bridgehead atoms. The van der Waals surface area contributed by atoms with Gasteiger partial charge in [0.1, 0.15) is 4.90 Å². The smallest absolute Gasteiger partial charge is 0.339 e. The van der Waals surface area contributed by atoms with Gasteiger partial charge in [-0.05, 0) is 49.4 Å². The predicted molar refractivity (Wildman–Crippen MR) is 138 cm³/mol. The summed E-state index contributed by atoms with van der Waals surface area (Å²) in [7, 11) is -4.18. The van der Waals surface area contributed by atoms with Gasteiger partial charge < -0.3 is 4.18 Å². The number of anilines is 1. The van der Waals surface area contributed by atoms with Crippen LogP contribution in [0.2, 0.25) is 10.0 Å². The van der Waals surface area contributed by atoms with Crippen molar-refractivity contribution < 1.29 is 17.4 Å². The molecule has 0 saturated carbocycles. The van der Waals surface area contributed by atoms with E-state index in [0.717, 1.165) is 17.3 Å². The second-order valence-corrected chi connectivity index (χ2v) is 11.1. The molecular weight excluding hydrogens is 521 g/mol. The number of carbonyl (C=O) groups is 1. The van der Waals surface area contributed by atoms with Crippen LogP contribution in [0.4, 0.5) is 5.69 Å². The van der Waals surface area contributed by atoms with Crippen LogP contribution >= 0.6 is 47.2 Å². The van der Waals surface area contributed by atoms with Gasteiger partial charge in [-0.15, -0.1) is 0 Å². The molecule has 0 aromatic heterocycles. The van der Waals surface area contributed by atoms with E-state index < -0.39 is 10.1 Å². The minimum absolute atomic E-state index is 0.0111. The second kappa shape index (κ2) is 9.48. The highest BCUT2D eigenvalue weighted by atomic mass is 35.5. The molecule has 168 valence electrons. The first-order chi connectivity index (χ1) is 15.7. The number of hydrogen-bond acceptors (Lipinski definition) is 6. The predicted octanol–water partition coefficient (Wildman–Crippen LogP) is 6.48. The van der Waals surface area contributed by atoms with Gasteiger partial charge in [-0.1, -0.05) is 83.1 Å². The summed E-state index contributed by atoms with van der Waals surface area (Å²) in [6.45, 7) is 1.84. The van der Waals surface area contributed by atoms with Crippen LogP contribution in [-0.4, -0.2) is 18.6 Å². The fourth-order valence-corrected chi connectivity index (χ4v) is 5.90. The second-order valence-electron chi connectivity index (χ2n) is 7.01. The molecule has 0 atom stereocenters. The topological polar surface area (TPSA) is 63.7 Å². The van der Waals surface area contributed by atoms with E-state index in [1.807, 2.05) is 13.0 Å². The molecule has 4 rings (SSSR count). The van der Waals surface area contributed by atoms with Gasteiger partial charge in [0.2, 0.25) is 0 Å². The minimum Gasteiger partial charge on any atom is -0.377 e. The number of amides is 1. The third-order valence-electron chi connectivity index (χ3n) is 4.63. The lowest BCUT2D eigenvalue weighted by Crippen LogP contribution is -2.27. The van der Waals surface area contributed by atoms with Crippen molar-refractivity contribution in [1.82, 2.24) is 0 Å². The molecule has 0 aliphatic carbocycles. The van der Waals surface area contributed by atoms with E-state index >= 15 is 0 Å². The SMILES string of the molecule is Cc1ccc(S(=O)(=O)Oc2c(Cl)cc(Cl)cc2/C=C2\SC(=S)N(c3ccccc3)C2=O)cc1. The maximum Gasteiger partial charge on any atom is 0.339 e. The fraction of sp³-hybridized carbons (Fsp3) is 0.0435. The number of aryl methyl sites for hydroxylation is 1. The Balaban J connectivity index is 1.73. The molecule has 1 saturated heterocycles. The van der Waals surface area contributed by atoms with Gasteiger partial charge in [0.05, 0.1) is 15.6 Å². The Bertz CT molecular complexity index is 1390. The molecule has 10 heteroatoms. The molecule has 3 aromatic rings. The van der Waals surface area contributed by atoms with E-state index in [4.69, 9.17) is 39.6 Å². The van der Waals surface area contributed by atoms with Crippen molar-refractivity contribution in [3.05, 3.63) is 92.8 Å². The number of para-hydroxylation sites is 1. The third-order valence-corrected chi connectivity index (χ3v) is 7.67. The highest BCUT2D eigenvalue weighted by Gasteiger charge is 2.33. The summed E-state index contributed by atoms with van der Waals surface area (Å²) in [6, 6.07) is 18.0. The van der Waals surface area contributed by atoms with E-state index in [9.17, 15) is 13.2 Å². The van der Waals surface area contributed by atoms with Gasteiger partial charge in [-0.2, -0.15) is 8.42 Å². The van der Waals surface area contributed by atoms with Crippen molar-refractivity contribution in [3.8, 4) is 5.75 Å². The van der Waals surface area contributed by atoms with Gasteiger partial charge in [0.15, 0.2) is 10.1 Å².